The monoisotopic (exact) mass is 298 g/mol. The van der Waals surface area contributed by atoms with E-state index in [9.17, 15) is 0 Å². The van der Waals surface area contributed by atoms with Gasteiger partial charge in [0.15, 0.2) is 0 Å². The number of hydrogen-bond donors (Lipinski definition) is 1. The van der Waals surface area contributed by atoms with Crippen LogP contribution in [0.25, 0.3) is 0 Å². The van der Waals surface area contributed by atoms with Crippen LogP contribution in [0.3, 0.4) is 0 Å². The molecule has 0 aromatic carbocycles. The lowest BCUT2D eigenvalue weighted by Gasteiger charge is -2.23. The van der Waals surface area contributed by atoms with E-state index in [4.69, 9.17) is 4.42 Å². The van der Waals surface area contributed by atoms with Crippen LogP contribution in [0, 0.1) is 6.92 Å². The lowest BCUT2D eigenvalue weighted by molar-refractivity contribution is 0.223. The van der Waals surface area contributed by atoms with Crippen LogP contribution in [0.2, 0.25) is 0 Å². The molecule has 116 valence electrons. The number of nitrogens with one attached hydrogen (secondary N) is 1. The quantitative estimate of drug-likeness (QED) is 0.753. The molecule has 1 unspecified atom stereocenters. The number of aryl methyl sites for hydroxylation is 1. The van der Waals surface area contributed by atoms with E-state index in [2.05, 4.69) is 57.3 Å². The molecule has 1 N–H and O–H groups in total. The highest BCUT2D eigenvalue weighted by molar-refractivity contribution is 7.98. The molecule has 0 aliphatic heterocycles. The first-order valence-electron chi connectivity index (χ1n) is 7.44. The van der Waals surface area contributed by atoms with Gasteiger partial charge in [-0.25, -0.2) is 0 Å². The minimum absolute atomic E-state index is 0.484. The van der Waals surface area contributed by atoms with Gasteiger partial charge in [0.2, 0.25) is 0 Å². The van der Waals surface area contributed by atoms with E-state index in [1.807, 2.05) is 11.8 Å². The standard InChI is InChI=1S/C16H30N2OS/c1-12(2)17-10-16-13(3)9-15(19-16)11-18(5)14(4)7-8-20-6/h9,12,14,17H,7-8,10-11H2,1-6H3. The van der Waals surface area contributed by atoms with Crippen molar-refractivity contribution in [1.29, 1.82) is 0 Å². The van der Waals surface area contributed by atoms with Crippen molar-refractivity contribution in [1.82, 2.24) is 10.2 Å². The Morgan fingerprint density at radius 1 is 1.35 bits per heavy atom. The van der Waals surface area contributed by atoms with Crippen molar-refractivity contribution in [2.24, 2.45) is 0 Å². The van der Waals surface area contributed by atoms with Gasteiger partial charge < -0.3 is 9.73 Å². The predicted octanol–water partition coefficient (Wildman–Crippen LogP) is 3.66. The maximum absolute atomic E-state index is 5.98. The first-order valence-corrected chi connectivity index (χ1v) is 8.84. The lowest BCUT2D eigenvalue weighted by Crippen LogP contribution is -2.28. The number of rotatable bonds is 9. The summed E-state index contributed by atoms with van der Waals surface area (Å²) in [6.45, 7) is 10.4. The summed E-state index contributed by atoms with van der Waals surface area (Å²) in [6, 6.07) is 3.25. The molecular formula is C16H30N2OS. The maximum Gasteiger partial charge on any atom is 0.120 e. The Kier molecular flexibility index (Phi) is 7.70. The van der Waals surface area contributed by atoms with Crippen molar-refractivity contribution < 1.29 is 4.42 Å². The van der Waals surface area contributed by atoms with Crippen LogP contribution in [0.15, 0.2) is 10.5 Å². The third kappa shape index (κ3) is 5.90. The summed E-state index contributed by atoms with van der Waals surface area (Å²) in [5, 5.41) is 3.41. The molecule has 0 amide bonds. The summed E-state index contributed by atoms with van der Waals surface area (Å²) in [5.74, 6) is 3.35. The van der Waals surface area contributed by atoms with E-state index in [1.165, 1.54) is 17.7 Å². The third-order valence-electron chi connectivity index (χ3n) is 3.64. The first-order chi connectivity index (χ1) is 9.43. The van der Waals surface area contributed by atoms with Gasteiger partial charge in [0.05, 0.1) is 13.1 Å². The molecule has 0 saturated carbocycles. The molecule has 0 saturated heterocycles. The van der Waals surface area contributed by atoms with E-state index < -0.39 is 0 Å². The highest BCUT2D eigenvalue weighted by Gasteiger charge is 2.13. The van der Waals surface area contributed by atoms with Crippen molar-refractivity contribution in [2.45, 2.75) is 59.3 Å². The van der Waals surface area contributed by atoms with Crippen LogP contribution < -0.4 is 5.32 Å². The minimum Gasteiger partial charge on any atom is -0.463 e. The number of thioether (sulfide) groups is 1. The summed E-state index contributed by atoms with van der Waals surface area (Å²) >= 11 is 1.91. The fraction of sp³-hybridized carbons (Fsp3) is 0.750. The average Bonchev–Trinajstić information content (AvgIpc) is 2.73. The second kappa shape index (κ2) is 8.75. The van der Waals surface area contributed by atoms with Gasteiger partial charge in [0.25, 0.3) is 0 Å². The van der Waals surface area contributed by atoms with Gasteiger partial charge in [0.1, 0.15) is 11.5 Å². The van der Waals surface area contributed by atoms with Crippen molar-refractivity contribution in [3.63, 3.8) is 0 Å². The Labute approximate surface area is 128 Å². The third-order valence-corrected chi connectivity index (χ3v) is 4.28. The summed E-state index contributed by atoms with van der Waals surface area (Å²) in [7, 11) is 2.18. The summed E-state index contributed by atoms with van der Waals surface area (Å²) in [6.07, 6.45) is 3.38. The zero-order chi connectivity index (χ0) is 15.1. The molecule has 0 bridgehead atoms. The summed E-state index contributed by atoms with van der Waals surface area (Å²) in [4.78, 5) is 2.37. The SMILES string of the molecule is CSCCC(C)N(C)Cc1cc(C)c(CNC(C)C)o1. The molecular weight excluding hydrogens is 268 g/mol. The van der Waals surface area contributed by atoms with Gasteiger partial charge in [-0.05, 0) is 51.0 Å². The van der Waals surface area contributed by atoms with Crippen molar-refractivity contribution in [3.05, 3.63) is 23.2 Å². The lowest BCUT2D eigenvalue weighted by atomic mass is 10.2. The Hall–Kier alpha value is -0.450. The van der Waals surface area contributed by atoms with Gasteiger partial charge >= 0.3 is 0 Å². The maximum atomic E-state index is 5.98. The zero-order valence-electron chi connectivity index (χ0n) is 13.8. The highest BCUT2D eigenvalue weighted by atomic mass is 32.2. The normalized spacial score (nSPS) is 13.4. The fourth-order valence-electron chi connectivity index (χ4n) is 2.05. The van der Waals surface area contributed by atoms with Crippen LogP contribution in [0.5, 0.6) is 0 Å². The van der Waals surface area contributed by atoms with Gasteiger partial charge in [-0.2, -0.15) is 11.8 Å². The molecule has 1 aromatic rings. The topological polar surface area (TPSA) is 28.4 Å². The van der Waals surface area contributed by atoms with Crippen LogP contribution in [0.1, 0.15) is 44.3 Å². The molecule has 1 aromatic heterocycles. The van der Waals surface area contributed by atoms with Crippen LogP contribution in [-0.2, 0) is 13.1 Å². The smallest absolute Gasteiger partial charge is 0.120 e. The Morgan fingerprint density at radius 2 is 2.05 bits per heavy atom. The molecule has 20 heavy (non-hydrogen) atoms. The summed E-state index contributed by atoms with van der Waals surface area (Å²) in [5.41, 5.74) is 1.25. The highest BCUT2D eigenvalue weighted by Crippen LogP contribution is 2.18. The molecule has 0 aliphatic rings. The van der Waals surface area contributed by atoms with Crippen molar-refractivity contribution in [3.8, 4) is 0 Å². The summed E-state index contributed by atoms with van der Waals surface area (Å²) < 4.78 is 5.98. The van der Waals surface area contributed by atoms with Crippen LogP contribution in [-0.4, -0.2) is 36.0 Å². The van der Waals surface area contributed by atoms with E-state index in [-0.39, 0.29) is 0 Å². The van der Waals surface area contributed by atoms with E-state index in [1.54, 1.807) is 0 Å². The Balaban J connectivity index is 2.53. The molecule has 3 nitrogen and oxygen atoms in total. The van der Waals surface area contributed by atoms with E-state index in [0.717, 1.165) is 24.6 Å². The number of furan rings is 1. The predicted molar refractivity (Wildman–Crippen MR) is 89.3 cm³/mol. The van der Waals surface area contributed by atoms with E-state index in [0.29, 0.717) is 12.1 Å². The largest absolute Gasteiger partial charge is 0.463 e. The van der Waals surface area contributed by atoms with Crippen LogP contribution >= 0.6 is 11.8 Å². The zero-order valence-corrected chi connectivity index (χ0v) is 14.6. The minimum atomic E-state index is 0.484. The molecule has 1 rings (SSSR count). The van der Waals surface area contributed by atoms with Gasteiger partial charge in [-0.3, -0.25) is 4.90 Å². The molecule has 1 atom stereocenters. The molecule has 0 aliphatic carbocycles. The molecule has 0 radical (unpaired) electrons. The number of nitrogens with zero attached hydrogens (tertiary/aromatic N) is 1. The average molecular weight is 298 g/mol. The molecule has 4 heteroatoms. The van der Waals surface area contributed by atoms with Crippen LogP contribution in [0.4, 0.5) is 0 Å². The number of hydrogen-bond acceptors (Lipinski definition) is 4. The van der Waals surface area contributed by atoms with E-state index >= 15 is 0 Å². The van der Waals surface area contributed by atoms with Gasteiger partial charge in [-0.1, -0.05) is 13.8 Å². The second-order valence-electron chi connectivity index (χ2n) is 5.90. The molecule has 0 spiro atoms. The Morgan fingerprint density at radius 3 is 2.65 bits per heavy atom. The van der Waals surface area contributed by atoms with Gasteiger partial charge in [-0.15, -0.1) is 0 Å². The Bertz CT molecular complexity index is 390. The second-order valence-corrected chi connectivity index (χ2v) is 6.89. The van der Waals surface area contributed by atoms with Crippen molar-refractivity contribution in [2.75, 3.05) is 19.1 Å². The van der Waals surface area contributed by atoms with Gasteiger partial charge in [0, 0.05) is 12.1 Å². The fourth-order valence-corrected chi connectivity index (χ4v) is 2.63. The first kappa shape index (κ1) is 17.6. The molecule has 0 fully saturated rings. The van der Waals surface area contributed by atoms with Crippen molar-refractivity contribution >= 4 is 11.8 Å². The molecule has 1 heterocycles.